The molecule has 35 heavy (non-hydrogen) atoms. The predicted octanol–water partition coefficient (Wildman–Crippen LogP) is 6.43. The normalized spacial score (nSPS) is 15.6. The van der Waals surface area contributed by atoms with Crippen LogP contribution in [-0.2, 0) is 4.79 Å². The molecule has 1 N–H and O–H groups in total. The molecule has 0 amide bonds. The van der Waals surface area contributed by atoms with Gasteiger partial charge in [0.1, 0.15) is 23.0 Å². The highest BCUT2D eigenvalue weighted by atomic mass is 19.4. The fraction of sp³-hybridized carbons (Fsp3) is 0.231. The number of halogens is 3. The number of methoxy groups -OCH3 is 1. The Hall–Kier alpha value is -4.01. The lowest BCUT2D eigenvalue weighted by atomic mass is 10.0. The standard InChI is InChI=1S/C26H23F3N2O4/c1-16-12-18(17-4-3-5-22(13-17)34-2)6-11-23(16)35-21-9-7-19(8-10-21)31-20(15-25(32)33)14-24(30-31)26(27,28)29/h3-13,20H,14-15H2,1-2H3,(H,32,33). The van der Waals surface area contributed by atoms with Gasteiger partial charge in [-0.2, -0.15) is 18.3 Å². The van der Waals surface area contributed by atoms with Crippen LogP contribution in [0.1, 0.15) is 18.4 Å². The molecule has 1 atom stereocenters. The van der Waals surface area contributed by atoms with Crippen molar-refractivity contribution in [3.63, 3.8) is 0 Å². The summed E-state index contributed by atoms with van der Waals surface area (Å²) in [5.41, 5.74) is 2.27. The van der Waals surface area contributed by atoms with Gasteiger partial charge in [0.25, 0.3) is 0 Å². The topological polar surface area (TPSA) is 71.4 Å². The molecular weight excluding hydrogens is 461 g/mol. The number of aryl methyl sites for hydroxylation is 1. The van der Waals surface area contributed by atoms with Gasteiger partial charge >= 0.3 is 12.1 Å². The van der Waals surface area contributed by atoms with Crippen molar-refractivity contribution in [2.75, 3.05) is 12.1 Å². The van der Waals surface area contributed by atoms with E-state index in [1.165, 1.54) is 0 Å². The third-order valence-electron chi connectivity index (χ3n) is 5.65. The quantitative estimate of drug-likeness (QED) is 0.418. The first-order valence-electron chi connectivity index (χ1n) is 10.8. The summed E-state index contributed by atoms with van der Waals surface area (Å²) in [5, 5.41) is 13.9. The second-order valence-electron chi connectivity index (χ2n) is 8.15. The zero-order valence-corrected chi connectivity index (χ0v) is 19.0. The van der Waals surface area contributed by atoms with Gasteiger partial charge in [0.05, 0.1) is 25.3 Å². The second kappa shape index (κ2) is 9.69. The molecule has 0 bridgehead atoms. The van der Waals surface area contributed by atoms with Crippen molar-refractivity contribution in [1.82, 2.24) is 0 Å². The van der Waals surface area contributed by atoms with Crippen LogP contribution in [0.25, 0.3) is 11.1 Å². The van der Waals surface area contributed by atoms with Crippen LogP contribution in [0.5, 0.6) is 17.2 Å². The van der Waals surface area contributed by atoms with Gasteiger partial charge in [-0.15, -0.1) is 0 Å². The lowest BCUT2D eigenvalue weighted by Gasteiger charge is -2.22. The predicted molar refractivity (Wildman–Crippen MR) is 126 cm³/mol. The number of carboxylic acid groups (broad SMARTS) is 1. The maximum absolute atomic E-state index is 13.1. The summed E-state index contributed by atoms with van der Waals surface area (Å²) in [7, 11) is 1.62. The molecule has 1 unspecified atom stereocenters. The number of alkyl halides is 3. The number of hydrogen-bond acceptors (Lipinski definition) is 5. The minimum Gasteiger partial charge on any atom is -0.497 e. The third-order valence-corrected chi connectivity index (χ3v) is 5.65. The maximum Gasteiger partial charge on any atom is 0.431 e. The zero-order chi connectivity index (χ0) is 25.2. The fourth-order valence-electron chi connectivity index (χ4n) is 3.90. The van der Waals surface area contributed by atoms with Gasteiger partial charge in [-0.1, -0.05) is 18.2 Å². The number of ether oxygens (including phenoxy) is 2. The summed E-state index contributed by atoms with van der Waals surface area (Å²) in [5.74, 6) is 0.689. The lowest BCUT2D eigenvalue weighted by Crippen LogP contribution is -2.29. The molecule has 9 heteroatoms. The number of nitrogens with zero attached hydrogens (tertiary/aromatic N) is 2. The van der Waals surface area contributed by atoms with Crippen molar-refractivity contribution in [3.8, 4) is 28.4 Å². The van der Waals surface area contributed by atoms with Gasteiger partial charge in [-0.25, -0.2) is 0 Å². The monoisotopic (exact) mass is 484 g/mol. The average Bonchev–Trinajstić information content (AvgIpc) is 3.24. The zero-order valence-electron chi connectivity index (χ0n) is 19.0. The number of hydrogen-bond donors (Lipinski definition) is 1. The molecule has 0 spiro atoms. The van der Waals surface area contributed by atoms with E-state index >= 15 is 0 Å². The molecular formula is C26H23F3N2O4. The van der Waals surface area contributed by atoms with Crippen molar-refractivity contribution < 1.29 is 32.5 Å². The molecule has 1 aliphatic rings. The van der Waals surface area contributed by atoms with Crippen LogP contribution in [0.2, 0.25) is 0 Å². The number of benzene rings is 3. The highest BCUT2D eigenvalue weighted by Gasteiger charge is 2.43. The molecule has 182 valence electrons. The molecule has 0 saturated heterocycles. The third kappa shape index (κ3) is 5.56. The van der Waals surface area contributed by atoms with E-state index in [2.05, 4.69) is 5.10 Å². The van der Waals surface area contributed by atoms with Gasteiger partial charge in [-0.3, -0.25) is 9.80 Å². The molecule has 6 nitrogen and oxygen atoms in total. The highest BCUT2D eigenvalue weighted by molar-refractivity contribution is 5.94. The Balaban J connectivity index is 1.52. The van der Waals surface area contributed by atoms with E-state index in [0.29, 0.717) is 17.2 Å². The first kappa shape index (κ1) is 24.1. The Kier molecular flexibility index (Phi) is 6.68. The first-order valence-corrected chi connectivity index (χ1v) is 10.8. The summed E-state index contributed by atoms with van der Waals surface area (Å²) >= 11 is 0. The first-order chi connectivity index (χ1) is 16.6. The van der Waals surface area contributed by atoms with E-state index in [-0.39, 0.29) is 0 Å². The summed E-state index contributed by atoms with van der Waals surface area (Å²) in [6.07, 6.45) is -5.55. The molecule has 1 heterocycles. The minimum atomic E-state index is -4.61. The van der Waals surface area contributed by atoms with E-state index in [0.717, 1.165) is 27.4 Å². The highest BCUT2D eigenvalue weighted by Crippen LogP contribution is 2.35. The molecule has 3 aromatic carbocycles. The van der Waals surface area contributed by atoms with Gasteiger partial charge in [0.15, 0.2) is 0 Å². The number of hydrazone groups is 1. The minimum absolute atomic E-state index is 0.355. The van der Waals surface area contributed by atoms with Crippen molar-refractivity contribution in [2.45, 2.75) is 32.0 Å². The van der Waals surface area contributed by atoms with Crippen LogP contribution in [0.4, 0.5) is 18.9 Å². The van der Waals surface area contributed by atoms with Crippen LogP contribution in [0.15, 0.2) is 71.8 Å². The molecule has 4 rings (SSSR count). The van der Waals surface area contributed by atoms with Crippen LogP contribution in [-0.4, -0.2) is 36.1 Å². The number of anilines is 1. The SMILES string of the molecule is COc1cccc(-c2ccc(Oc3ccc(N4N=C(C(F)(F)F)CC4CC(=O)O)cc3)c(C)c2)c1. The van der Waals surface area contributed by atoms with E-state index in [4.69, 9.17) is 14.6 Å². The van der Waals surface area contributed by atoms with Crippen molar-refractivity contribution in [2.24, 2.45) is 5.10 Å². The van der Waals surface area contributed by atoms with Gasteiger partial charge in [0.2, 0.25) is 0 Å². The number of carbonyl (C=O) groups is 1. The fourth-order valence-corrected chi connectivity index (χ4v) is 3.90. The Morgan fingerprint density at radius 1 is 1.06 bits per heavy atom. The Morgan fingerprint density at radius 3 is 2.40 bits per heavy atom. The van der Waals surface area contributed by atoms with Crippen molar-refractivity contribution in [1.29, 1.82) is 0 Å². The van der Waals surface area contributed by atoms with Gasteiger partial charge in [0, 0.05) is 6.42 Å². The number of aliphatic carboxylic acids is 1. The van der Waals surface area contributed by atoms with Crippen molar-refractivity contribution >= 4 is 17.4 Å². The number of rotatable bonds is 7. The molecule has 0 aliphatic carbocycles. The van der Waals surface area contributed by atoms with E-state index in [9.17, 15) is 18.0 Å². The van der Waals surface area contributed by atoms with E-state index < -0.39 is 36.7 Å². The van der Waals surface area contributed by atoms with Gasteiger partial charge < -0.3 is 14.6 Å². The summed E-state index contributed by atoms with van der Waals surface area (Å²) < 4.78 is 50.7. The molecule has 0 fully saturated rings. The smallest absolute Gasteiger partial charge is 0.431 e. The maximum atomic E-state index is 13.1. The van der Waals surface area contributed by atoms with Crippen molar-refractivity contribution in [3.05, 3.63) is 72.3 Å². The molecule has 0 aromatic heterocycles. The number of carboxylic acids is 1. The Labute approximate surface area is 200 Å². The molecule has 0 saturated carbocycles. The largest absolute Gasteiger partial charge is 0.497 e. The molecule has 3 aromatic rings. The van der Waals surface area contributed by atoms with Crippen LogP contribution in [0.3, 0.4) is 0 Å². The van der Waals surface area contributed by atoms with Crippen LogP contribution in [0, 0.1) is 6.92 Å². The van der Waals surface area contributed by atoms with Crippen LogP contribution >= 0.6 is 0 Å². The summed E-state index contributed by atoms with van der Waals surface area (Å²) in [6, 6.07) is 18.9. The average molecular weight is 484 g/mol. The molecule has 0 radical (unpaired) electrons. The van der Waals surface area contributed by atoms with Gasteiger partial charge in [-0.05, 0) is 72.1 Å². The molecule has 1 aliphatic heterocycles. The lowest BCUT2D eigenvalue weighted by molar-refractivity contribution is -0.137. The Morgan fingerprint density at radius 2 is 1.77 bits per heavy atom. The van der Waals surface area contributed by atoms with E-state index in [1.807, 2.05) is 49.4 Å². The summed E-state index contributed by atoms with van der Waals surface area (Å²) in [6.45, 7) is 1.92. The second-order valence-corrected chi connectivity index (χ2v) is 8.15. The summed E-state index contributed by atoms with van der Waals surface area (Å²) in [4.78, 5) is 11.1. The van der Waals surface area contributed by atoms with Crippen LogP contribution < -0.4 is 14.5 Å². The van der Waals surface area contributed by atoms with E-state index in [1.54, 1.807) is 31.4 Å². The Bertz CT molecular complexity index is 1260.